The predicted octanol–water partition coefficient (Wildman–Crippen LogP) is 2.24. The summed E-state index contributed by atoms with van der Waals surface area (Å²) in [6, 6.07) is 5.51. The topological polar surface area (TPSA) is 94.0 Å². The summed E-state index contributed by atoms with van der Waals surface area (Å²) in [4.78, 5) is 16.6. The first kappa shape index (κ1) is 16.6. The molecular weight excluding hydrogens is 311 g/mol. The van der Waals surface area contributed by atoms with Crippen LogP contribution < -0.4 is 11.1 Å². The summed E-state index contributed by atoms with van der Waals surface area (Å²) in [5, 5.41) is 6.67. The Hall–Kier alpha value is -2.28. The van der Waals surface area contributed by atoms with Crippen LogP contribution in [0.4, 0.5) is 4.39 Å². The summed E-state index contributed by atoms with van der Waals surface area (Å²) in [5.74, 6) is 0.147. The van der Waals surface area contributed by atoms with Gasteiger partial charge in [-0.2, -0.15) is 4.98 Å². The second kappa shape index (κ2) is 7.09. The van der Waals surface area contributed by atoms with Gasteiger partial charge in [-0.1, -0.05) is 29.8 Å². The van der Waals surface area contributed by atoms with Crippen molar-refractivity contribution in [3.8, 4) is 0 Å². The number of nitrogens with one attached hydrogen (secondary N) is 1. The molecule has 24 heavy (non-hydrogen) atoms. The molecule has 0 aliphatic heterocycles. The third kappa shape index (κ3) is 3.62. The first-order valence-corrected chi connectivity index (χ1v) is 8.14. The van der Waals surface area contributed by atoms with Crippen LogP contribution in [0.15, 0.2) is 28.8 Å². The zero-order valence-electron chi connectivity index (χ0n) is 13.5. The number of amides is 1. The van der Waals surface area contributed by atoms with E-state index in [0.717, 1.165) is 19.3 Å². The van der Waals surface area contributed by atoms with E-state index in [9.17, 15) is 9.18 Å². The Bertz CT molecular complexity index is 718. The van der Waals surface area contributed by atoms with E-state index >= 15 is 0 Å². The van der Waals surface area contributed by atoms with E-state index in [1.165, 1.54) is 6.07 Å². The number of hydrogen-bond acceptors (Lipinski definition) is 5. The van der Waals surface area contributed by atoms with Gasteiger partial charge in [-0.3, -0.25) is 4.79 Å². The van der Waals surface area contributed by atoms with Gasteiger partial charge in [0.15, 0.2) is 5.82 Å². The summed E-state index contributed by atoms with van der Waals surface area (Å²) < 4.78 is 19.2. The number of aryl methyl sites for hydroxylation is 1. The first-order valence-electron chi connectivity index (χ1n) is 8.14. The molecule has 0 radical (unpaired) electrons. The van der Waals surface area contributed by atoms with Crippen molar-refractivity contribution in [2.45, 2.75) is 44.7 Å². The minimum Gasteiger partial charge on any atom is -0.342 e. The van der Waals surface area contributed by atoms with Crippen molar-refractivity contribution in [1.82, 2.24) is 15.5 Å². The number of rotatable bonds is 5. The third-order valence-electron chi connectivity index (χ3n) is 4.49. The number of carbonyl (C=O) groups is 1. The lowest BCUT2D eigenvalue weighted by Gasteiger charge is -2.19. The Morgan fingerprint density at radius 2 is 2.25 bits per heavy atom. The van der Waals surface area contributed by atoms with Crippen molar-refractivity contribution < 1.29 is 13.7 Å². The van der Waals surface area contributed by atoms with Crippen LogP contribution in [0.2, 0.25) is 0 Å². The highest BCUT2D eigenvalue weighted by atomic mass is 19.1. The highest BCUT2D eigenvalue weighted by Crippen LogP contribution is 2.28. The molecule has 1 aromatic heterocycles. The average molecular weight is 332 g/mol. The van der Waals surface area contributed by atoms with Gasteiger partial charge in [0.25, 0.3) is 0 Å². The van der Waals surface area contributed by atoms with Crippen molar-refractivity contribution in [3.05, 3.63) is 47.4 Å². The number of benzene rings is 1. The van der Waals surface area contributed by atoms with Crippen LogP contribution in [0.25, 0.3) is 0 Å². The Kier molecular flexibility index (Phi) is 4.89. The molecule has 1 heterocycles. The van der Waals surface area contributed by atoms with Crippen LogP contribution in [0.3, 0.4) is 0 Å². The normalized spacial score (nSPS) is 21.6. The monoisotopic (exact) mass is 332 g/mol. The smallest absolute Gasteiger partial charge is 0.223 e. The van der Waals surface area contributed by atoms with Gasteiger partial charge >= 0.3 is 0 Å². The SMILES string of the molecule is Cc1nc(C(NC(=O)C[C@@H]2CCC[C@H]2N)c2ccccc2F)no1. The molecule has 1 aliphatic rings. The van der Waals surface area contributed by atoms with Crippen LogP contribution in [0, 0.1) is 18.7 Å². The highest BCUT2D eigenvalue weighted by molar-refractivity contribution is 5.77. The van der Waals surface area contributed by atoms with Crippen LogP contribution >= 0.6 is 0 Å². The molecule has 7 heteroatoms. The molecule has 6 nitrogen and oxygen atoms in total. The van der Waals surface area contributed by atoms with E-state index in [-0.39, 0.29) is 23.7 Å². The summed E-state index contributed by atoms with van der Waals surface area (Å²) in [6.07, 6.45) is 3.25. The fraction of sp³-hybridized carbons (Fsp3) is 0.471. The minimum absolute atomic E-state index is 0.0510. The van der Waals surface area contributed by atoms with E-state index in [1.54, 1.807) is 25.1 Å². The molecule has 3 rings (SSSR count). The van der Waals surface area contributed by atoms with Gasteiger partial charge in [-0.15, -0.1) is 0 Å². The first-order chi connectivity index (χ1) is 11.5. The van der Waals surface area contributed by atoms with Gasteiger partial charge < -0.3 is 15.6 Å². The second-order valence-electron chi connectivity index (χ2n) is 6.25. The maximum atomic E-state index is 14.2. The maximum absolute atomic E-state index is 14.2. The molecule has 3 atom stereocenters. The molecule has 3 N–H and O–H groups in total. The fourth-order valence-electron chi connectivity index (χ4n) is 3.20. The van der Waals surface area contributed by atoms with Crippen molar-refractivity contribution >= 4 is 5.91 Å². The quantitative estimate of drug-likeness (QED) is 0.876. The molecule has 128 valence electrons. The van der Waals surface area contributed by atoms with Gasteiger partial charge in [0.1, 0.15) is 11.9 Å². The number of aromatic nitrogens is 2. The number of carbonyl (C=O) groups excluding carboxylic acids is 1. The molecular formula is C17H21FN4O2. The van der Waals surface area contributed by atoms with Gasteiger partial charge in [0, 0.05) is 24.9 Å². The zero-order chi connectivity index (χ0) is 17.1. The lowest BCUT2D eigenvalue weighted by molar-refractivity contribution is -0.122. The van der Waals surface area contributed by atoms with Gasteiger partial charge in [-0.25, -0.2) is 4.39 Å². The standard InChI is InChI=1S/C17H21FN4O2/c1-10-20-17(22-24-10)16(12-6-2-3-7-13(12)18)21-15(23)9-11-5-4-8-14(11)19/h2-3,6-7,11,14,16H,4-5,8-9,19H2,1H3,(H,21,23)/t11-,14+,16?/m0/s1. The molecule has 1 saturated carbocycles. The average Bonchev–Trinajstić information content (AvgIpc) is 3.15. The van der Waals surface area contributed by atoms with Crippen molar-refractivity contribution in [2.24, 2.45) is 11.7 Å². The Labute approximate surface area is 139 Å². The Morgan fingerprint density at radius 3 is 2.88 bits per heavy atom. The molecule has 1 aliphatic carbocycles. The second-order valence-corrected chi connectivity index (χ2v) is 6.25. The summed E-state index contributed by atoms with van der Waals surface area (Å²) >= 11 is 0. The van der Waals surface area contributed by atoms with Gasteiger partial charge in [-0.05, 0) is 24.8 Å². The summed E-state index contributed by atoms with van der Waals surface area (Å²) in [6.45, 7) is 1.65. The number of hydrogen-bond donors (Lipinski definition) is 2. The molecule has 0 saturated heterocycles. The fourth-order valence-corrected chi connectivity index (χ4v) is 3.20. The van der Waals surface area contributed by atoms with E-state index < -0.39 is 11.9 Å². The van der Waals surface area contributed by atoms with Gasteiger partial charge in [0.2, 0.25) is 11.8 Å². The van der Waals surface area contributed by atoms with Gasteiger partial charge in [0.05, 0.1) is 0 Å². The number of nitrogens with zero attached hydrogens (tertiary/aromatic N) is 2. The van der Waals surface area contributed by atoms with E-state index in [2.05, 4.69) is 15.5 Å². The lowest BCUT2D eigenvalue weighted by Crippen LogP contribution is -2.34. The van der Waals surface area contributed by atoms with Crippen molar-refractivity contribution in [1.29, 1.82) is 0 Å². The summed E-state index contributed by atoms with van der Waals surface area (Å²) in [7, 11) is 0. The number of halogens is 1. The van der Waals surface area contributed by atoms with E-state index in [4.69, 9.17) is 10.3 Å². The van der Waals surface area contributed by atoms with Crippen LogP contribution in [-0.4, -0.2) is 22.1 Å². The summed E-state index contributed by atoms with van der Waals surface area (Å²) in [5.41, 5.74) is 6.34. The molecule has 1 amide bonds. The van der Waals surface area contributed by atoms with Crippen LogP contribution in [0.1, 0.15) is 49.0 Å². The maximum Gasteiger partial charge on any atom is 0.223 e. The van der Waals surface area contributed by atoms with E-state index in [1.807, 2.05) is 0 Å². The van der Waals surface area contributed by atoms with E-state index in [0.29, 0.717) is 17.9 Å². The largest absolute Gasteiger partial charge is 0.342 e. The van der Waals surface area contributed by atoms with Crippen LogP contribution in [0.5, 0.6) is 0 Å². The number of nitrogens with two attached hydrogens (primary N) is 1. The molecule has 0 spiro atoms. The predicted molar refractivity (Wildman–Crippen MR) is 85.4 cm³/mol. The zero-order valence-corrected chi connectivity index (χ0v) is 13.5. The highest BCUT2D eigenvalue weighted by Gasteiger charge is 2.29. The molecule has 1 aromatic carbocycles. The molecule has 1 fully saturated rings. The van der Waals surface area contributed by atoms with Crippen LogP contribution in [-0.2, 0) is 4.79 Å². The Morgan fingerprint density at radius 1 is 1.46 bits per heavy atom. The Balaban J connectivity index is 1.80. The molecule has 1 unspecified atom stereocenters. The minimum atomic E-state index is -0.784. The molecule has 2 aromatic rings. The van der Waals surface area contributed by atoms with Crippen molar-refractivity contribution in [2.75, 3.05) is 0 Å². The third-order valence-corrected chi connectivity index (χ3v) is 4.49. The lowest BCUT2D eigenvalue weighted by atomic mass is 9.99. The van der Waals surface area contributed by atoms with Crippen molar-refractivity contribution in [3.63, 3.8) is 0 Å². The molecule has 0 bridgehead atoms.